The average Bonchev–Trinajstić information content (AvgIpc) is 2.34. The zero-order valence-corrected chi connectivity index (χ0v) is 12.8. The Morgan fingerprint density at radius 1 is 0.947 bits per heavy atom. The van der Waals surface area contributed by atoms with Crippen molar-refractivity contribution in [3.8, 4) is 0 Å². The van der Waals surface area contributed by atoms with Gasteiger partial charge in [0.05, 0.1) is 0 Å². The summed E-state index contributed by atoms with van der Waals surface area (Å²) in [4.78, 5) is 28.2. The highest BCUT2D eigenvalue weighted by Crippen LogP contribution is 2.37. The van der Waals surface area contributed by atoms with Crippen LogP contribution in [0.2, 0.25) is 0 Å². The molecule has 0 aromatic heterocycles. The first kappa shape index (κ1) is 18.6. The van der Waals surface area contributed by atoms with Gasteiger partial charge < -0.3 is 9.79 Å². The molecule has 5 heteroatoms. The van der Waals surface area contributed by atoms with E-state index in [4.69, 9.17) is 9.79 Å². The van der Waals surface area contributed by atoms with E-state index in [0.29, 0.717) is 6.42 Å². The first-order chi connectivity index (χ1) is 8.98. The predicted molar refractivity (Wildman–Crippen MR) is 78.0 cm³/mol. The topological polar surface area (TPSA) is 74.6 Å². The maximum Gasteiger partial charge on any atom is 0.391 e. The Balaban J connectivity index is 3.30. The normalized spacial score (nSPS) is 12.2. The Morgan fingerprint density at radius 3 is 2.05 bits per heavy atom. The predicted octanol–water partition coefficient (Wildman–Crippen LogP) is 4.17. The number of hydrogen-bond donors (Lipinski definition) is 2. The molecule has 0 unspecified atom stereocenters. The standard InChI is InChI=1S/C14H27O4P/c1-2-3-4-5-6-7-8-9-10-11-12-13-14(15)19(16,17)18/h5-6H,2-4,7-13H2,1H3,(H2,16,17,18). The molecule has 0 heterocycles. The maximum atomic E-state index is 11.0. The maximum absolute atomic E-state index is 11.0. The second-order valence-corrected chi connectivity index (χ2v) is 6.44. The fourth-order valence-electron chi connectivity index (χ4n) is 1.77. The molecule has 19 heavy (non-hydrogen) atoms. The van der Waals surface area contributed by atoms with Crippen LogP contribution in [0.3, 0.4) is 0 Å². The molecule has 4 nitrogen and oxygen atoms in total. The molecule has 0 aromatic carbocycles. The van der Waals surface area contributed by atoms with Crippen molar-refractivity contribution in [2.24, 2.45) is 0 Å². The zero-order valence-electron chi connectivity index (χ0n) is 11.9. The van der Waals surface area contributed by atoms with Crippen LogP contribution < -0.4 is 0 Å². The lowest BCUT2D eigenvalue weighted by Gasteiger charge is -2.02. The van der Waals surface area contributed by atoms with Gasteiger partial charge in [-0.05, 0) is 25.7 Å². The molecule has 0 spiro atoms. The van der Waals surface area contributed by atoms with E-state index in [9.17, 15) is 9.36 Å². The van der Waals surface area contributed by atoms with Gasteiger partial charge >= 0.3 is 7.60 Å². The third kappa shape index (κ3) is 12.3. The summed E-state index contributed by atoms with van der Waals surface area (Å²) in [5.41, 5.74) is -0.925. The van der Waals surface area contributed by atoms with Crippen molar-refractivity contribution in [2.45, 2.75) is 71.1 Å². The Labute approximate surface area is 116 Å². The first-order valence-corrected chi connectivity index (χ1v) is 8.83. The van der Waals surface area contributed by atoms with Crippen molar-refractivity contribution < 1.29 is 19.1 Å². The second-order valence-electron chi connectivity index (χ2n) is 4.86. The van der Waals surface area contributed by atoms with Gasteiger partial charge in [-0.2, -0.15) is 0 Å². The molecular formula is C14H27O4P. The minimum absolute atomic E-state index is 0.00119. The molecule has 0 aromatic rings. The summed E-state index contributed by atoms with van der Waals surface area (Å²) in [7, 11) is -4.48. The summed E-state index contributed by atoms with van der Waals surface area (Å²) in [6.45, 7) is 2.19. The fourth-order valence-corrected chi connectivity index (χ4v) is 2.22. The van der Waals surface area contributed by atoms with Gasteiger partial charge in [-0.25, -0.2) is 0 Å². The SMILES string of the molecule is CCCCC=CCCCCCCCC(=O)P(=O)(O)O. The molecule has 0 bridgehead atoms. The Kier molecular flexibility index (Phi) is 11.1. The molecule has 0 aliphatic heterocycles. The first-order valence-electron chi connectivity index (χ1n) is 7.22. The highest BCUT2D eigenvalue weighted by atomic mass is 31.2. The quantitative estimate of drug-likeness (QED) is 0.321. The molecule has 0 amide bonds. The summed E-state index contributed by atoms with van der Waals surface area (Å²) >= 11 is 0. The van der Waals surface area contributed by atoms with E-state index < -0.39 is 13.1 Å². The van der Waals surface area contributed by atoms with Gasteiger partial charge in [0.25, 0.3) is 0 Å². The molecule has 0 fully saturated rings. The van der Waals surface area contributed by atoms with Crippen LogP contribution >= 0.6 is 7.60 Å². The van der Waals surface area contributed by atoms with Crippen LogP contribution in [0.25, 0.3) is 0 Å². The lowest BCUT2D eigenvalue weighted by molar-refractivity contribution is -0.113. The van der Waals surface area contributed by atoms with Gasteiger partial charge in [0.15, 0.2) is 0 Å². The van der Waals surface area contributed by atoms with Crippen LogP contribution in [0.15, 0.2) is 12.2 Å². The summed E-state index contributed by atoms with van der Waals surface area (Å²) in [6, 6.07) is 0. The molecule has 0 saturated carbocycles. The van der Waals surface area contributed by atoms with E-state index in [2.05, 4.69) is 19.1 Å². The van der Waals surface area contributed by atoms with Gasteiger partial charge in [0, 0.05) is 6.42 Å². The molecule has 0 aliphatic rings. The molecule has 0 radical (unpaired) electrons. The molecule has 0 saturated heterocycles. The highest BCUT2D eigenvalue weighted by molar-refractivity contribution is 7.70. The van der Waals surface area contributed by atoms with Crippen LogP contribution in [0, 0.1) is 0 Å². The zero-order chi connectivity index (χ0) is 14.6. The van der Waals surface area contributed by atoms with Crippen LogP contribution in [0.1, 0.15) is 71.1 Å². The van der Waals surface area contributed by atoms with Gasteiger partial charge in [-0.15, -0.1) is 0 Å². The van der Waals surface area contributed by atoms with Gasteiger partial charge in [-0.1, -0.05) is 51.2 Å². The van der Waals surface area contributed by atoms with Gasteiger partial charge in [-0.3, -0.25) is 9.36 Å². The number of unbranched alkanes of at least 4 members (excludes halogenated alkanes) is 7. The number of hydrogen-bond acceptors (Lipinski definition) is 2. The number of rotatable bonds is 12. The minimum Gasteiger partial charge on any atom is -0.319 e. The van der Waals surface area contributed by atoms with Crippen molar-refractivity contribution in [3.05, 3.63) is 12.2 Å². The largest absolute Gasteiger partial charge is 0.391 e. The summed E-state index contributed by atoms with van der Waals surface area (Å²) in [5, 5.41) is 0. The van der Waals surface area contributed by atoms with Crippen LogP contribution in [0.4, 0.5) is 0 Å². The average molecular weight is 290 g/mol. The van der Waals surface area contributed by atoms with Crippen LogP contribution in [-0.2, 0) is 9.36 Å². The van der Waals surface area contributed by atoms with Crippen molar-refractivity contribution in [1.29, 1.82) is 0 Å². The number of carbonyl (C=O) groups excluding carboxylic acids is 1. The van der Waals surface area contributed by atoms with E-state index in [0.717, 1.165) is 32.1 Å². The van der Waals surface area contributed by atoms with E-state index in [1.165, 1.54) is 19.3 Å². The van der Waals surface area contributed by atoms with E-state index in [1.54, 1.807) is 0 Å². The van der Waals surface area contributed by atoms with Crippen molar-refractivity contribution >= 4 is 13.1 Å². The molecular weight excluding hydrogens is 263 g/mol. The third-order valence-electron chi connectivity index (χ3n) is 2.98. The van der Waals surface area contributed by atoms with Crippen LogP contribution in [0.5, 0.6) is 0 Å². The van der Waals surface area contributed by atoms with Crippen molar-refractivity contribution in [3.63, 3.8) is 0 Å². The molecule has 0 atom stereocenters. The second kappa shape index (κ2) is 11.4. The van der Waals surface area contributed by atoms with Crippen molar-refractivity contribution in [2.75, 3.05) is 0 Å². The van der Waals surface area contributed by atoms with E-state index in [1.807, 2.05) is 0 Å². The van der Waals surface area contributed by atoms with Crippen molar-refractivity contribution in [1.82, 2.24) is 0 Å². The van der Waals surface area contributed by atoms with E-state index in [-0.39, 0.29) is 6.42 Å². The summed E-state index contributed by atoms with van der Waals surface area (Å²) in [6.07, 6.45) is 14.0. The molecule has 2 N–H and O–H groups in total. The smallest absolute Gasteiger partial charge is 0.319 e. The fraction of sp³-hybridized carbons (Fsp3) is 0.786. The monoisotopic (exact) mass is 290 g/mol. The van der Waals surface area contributed by atoms with Gasteiger partial charge in [0.1, 0.15) is 0 Å². The molecule has 112 valence electrons. The number of allylic oxidation sites excluding steroid dienone is 2. The third-order valence-corrected chi connectivity index (χ3v) is 3.85. The Hall–Kier alpha value is -0.440. The highest BCUT2D eigenvalue weighted by Gasteiger charge is 2.24. The van der Waals surface area contributed by atoms with Crippen LogP contribution in [-0.4, -0.2) is 15.3 Å². The van der Waals surface area contributed by atoms with E-state index >= 15 is 0 Å². The summed E-state index contributed by atoms with van der Waals surface area (Å²) < 4.78 is 10.6. The summed E-state index contributed by atoms with van der Waals surface area (Å²) in [5.74, 6) is 0. The lowest BCUT2D eigenvalue weighted by atomic mass is 10.1. The molecule has 0 aliphatic carbocycles. The minimum atomic E-state index is -4.48. The Bertz CT molecular complexity index is 307. The van der Waals surface area contributed by atoms with Gasteiger partial charge in [0.2, 0.25) is 5.52 Å². The number of carbonyl (C=O) groups is 1. The molecule has 0 rings (SSSR count). The Morgan fingerprint density at radius 2 is 1.47 bits per heavy atom. The lowest BCUT2D eigenvalue weighted by Crippen LogP contribution is -1.98.